The number of benzene rings is 2. The second kappa shape index (κ2) is 14.8. The molecule has 0 saturated carbocycles. The summed E-state index contributed by atoms with van der Waals surface area (Å²) in [4.78, 5) is 4.17. The van der Waals surface area contributed by atoms with E-state index >= 15 is 0 Å². The highest BCUT2D eigenvalue weighted by atomic mass is 32.2. The number of hydrogen-bond donors (Lipinski definition) is 0. The van der Waals surface area contributed by atoms with E-state index in [1.807, 2.05) is 0 Å². The van der Waals surface area contributed by atoms with E-state index in [-0.39, 0.29) is 28.8 Å². The number of sulfonamides is 1. The van der Waals surface area contributed by atoms with Crippen molar-refractivity contribution in [2.45, 2.75) is 48.9 Å². The first-order valence-electron chi connectivity index (χ1n) is 15.2. The van der Waals surface area contributed by atoms with Gasteiger partial charge in [-0.2, -0.15) is 0 Å². The lowest BCUT2D eigenvalue weighted by Gasteiger charge is -2.32. The topological polar surface area (TPSA) is 152 Å². The summed E-state index contributed by atoms with van der Waals surface area (Å²) in [6.07, 6.45) is -0.393. The molecule has 0 unspecified atom stereocenters. The van der Waals surface area contributed by atoms with Gasteiger partial charge in [-0.3, -0.25) is 4.57 Å². The molecule has 2 heterocycles. The fourth-order valence-corrected chi connectivity index (χ4v) is 8.94. The molecule has 0 amide bonds. The highest BCUT2D eigenvalue weighted by molar-refractivity contribution is 7.93. The van der Waals surface area contributed by atoms with Crippen LogP contribution in [-0.4, -0.2) is 91.1 Å². The molecule has 2 aromatic heterocycles. The van der Waals surface area contributed by atoms with Gasteiger partial charge in [-0.1, -0.05) is 37.8 Å². The zero-order valence-electron chi connectivity index (χ0n) is 29.0. The van der Waals surface area contributed by atoms with Crippen LogP contribution < -0.4 is 18.5 Å². The molecule has 49 heavy (non-hydrogen) atoms. The first kappa shape index (κ1) is 37.8. The third kappa shape index (κ3) is 8.06. The van der Waals surface area contributed by atoms with Crippen molar-refractivity contribution in [3.8, 4) is 34.6 Å². The number of anilines is 1. The van der Waals surface area contributed by atoms with Gasteiger partial charge < -0.3 is 18.9 Å². The second-order valence-electron chi connectivity index (χ2n) is 12.5. The molecule has 4 aromatic rings. The molecule has 0 aliphatic carbocycles. The monoisotopic (exact) mass is 735 g/mol. The van der Waals surface area contributed by atoms with E-state index in [0.29, 0.717) is 34.8 Å². The van der Waals surface area contributed by atoms with Gasteiger partial charge in [-0.15, -0.1) is 10.2 Å². The van der Waals surface area contributed by atoms with Crippen molar-refractivity contribution in [3.63, 3.8) is 0 Å². The molecule has 0 aliphatic rings. The molecule has 0 radical (unpaired) electrons. The van der Waals surface area contributed by atoms with Crippen molar-refractivity contribution in [1.82, 2.24) is 19.7 Å². The Labute approximate surface area is 288 Å². The number of hydrogen-bond acceptors (Lipinski definition) is 11. The lowest BCUT2D eigenvalue weighted by molar-refractivity contribution is 0.0998. The molecule has 2 atom stereocenters. The van der Waals surface area contributed by atoms with E-state index in [1.54, 1.807) is 36.4 Å². The Morgan fingerprint density at radius 1 is 0.898 bits per heavy atom. The van der Waals surface area contributed by atoms with E-state index in [2.05, 4.69) is 34.8 Å². The molecule has 266 valence electrons. The molecule has 2 aromatic carbocycles. The SMILES string of the molecule is COc1cccc(-c2nnc(N(CC[Si](C)(C)C)S(=O)(=O)[C@H](C)[C@@H](OC)c3ccc(F)cc3S(C)(=O)=O)n2-c2c(OC)cccc2OC)n1. The number of halogens is 1. The molecule has 0 N–H and O–H groups in total. The Balaban J connectivity index is 2.04. The number of aromatic nitrogens is 4. The number of rotatable bonds is 15. The van der Waals surface area contributed by atoms with Crippen LogP contribution in [0.25, 0.3) is 17.2 Å². The summed E-state index contributed by atoms with van der Waals surface area (Å²) in [5.74, 6) is 0.242. The van der Waals surface area contributed by atoms with Gasteiger partial charge in [0, 0.05) is 39.6 Å². The van der Waals surface area contributed by atoms with E-state index in [9.17, 15) is 21.2 Å². The van der Waals surface area contributed by atoms with Crippen molar-refractivity contribution < 1.29 is 40.2 Å². The molecule has 0 bridgehead atoms. The van der Waals surface area contributed by atoms with Gasteiger partial charge in [0.1, 0.15) is 40.1 Å². The third-order valence-electron chi connectivity index (χ3n) is 7.86. The molecule has 4 rings (SSSR count). The predicted molar refractivity (Wildman–Crippen MR) is 187 cm³/mol. The van der Waals surface area contributed by atoms with Gasteiger partial charge in [0.15, 0.2) is 15.7 Å². The van der Waals surface area contributed by atoms with Crippen LogP contribution in [0.3, 0.4) is 0 Å². The summed E-state index contributed by atoms with van der Waals surface area (Å²) in [7, 11) is -4.66. The van der Waals surface area contributed by atoms with Crippen LogP contribution >= 0.6 is 0 Å². The number of sulfone groups is 1. The standard InChI is InChI=1S/C32H42FN5O8S2Si/c1-21(30(46-5)23-17-16-22(33)20-27(23)47(6,39)40)48(41,42)37(18-19-49(7,8)9)32-36-35-31(24-12-10-15-28(34-24)45-4)38(32)29-25(43-2)13-11-14-26(29)44-3/h10-17,20-21,30H,18-19H2,1-9H3/t21-,30-/m1/s1. The zero-order chi connectivity index (χ0) is 36.3. The normalized spacial score (nSPS) is 13.5. The Hall–Kier alpha value is -4.06. The van der Waals surface area contributed by atoms with Crippen molar-refractivity contribution >= 4 is 33.9 Å². The maximum absolute atomic E-state index is 14.9. The van der Waals surface area contributed by atoms with Gasteiger partial charge in [0.05, 0.1) is 26.2 Å². The minimum absolute atomic E-state index is 0.00163. The van der Waals surface area contributed by atoms with Gasteiger partial charge in [-0.05, 0) is 43.3 Å². The molecule has 0 saturated heterocycles. The summed E-state index contributed by atoms with van der Waals surface area (Å²) in [6.45, 7) is 7.73. The molecule has 0 fully saturated rings. The summed E-state index contributed by atoms with van der Waals surface area (Å²) in [6, 6.07) is 13.8. The summed E-state index contributed by atoms with van der Waals surface area (Å²) in [5, 5.41) is 7.50. The molecule has 13 nitrogen and oxygen atoms in total. The number of pyridine rings is 1. The first-order chi connectivity index (χ1) is 23.0. The Morgan fingerprint density at radius 3 is 2.08 bits per heavy atom. The summed E-state index contributed by atoms with van der Waals surface area (Å²) in [5.41, 5.74) is 0.636. The third-order valence-corrected chi connectivity index (χ3v) is 12.9. The van der Waals surface area contributed by atoms with Gasteiger partial charge in [0.25, 0.3) is 0 Å². The molecule has 17 heteroatoms. The average molecular weight is 736 g/mol. The van der Waals surface area contributed by atoms with Crippen molar-refractivity contribution in [2.75, 3.05) is 45.5 Å². The smallest absolute Gasteiger partial charge is 0.246 e. The van der Waals surface area contributed by atoms with Gasteiger partial charge >= 0.3 is 0 Å². The minimum Gasteiger partial charge on any atom is -0.494 e. The summed E-state index contributed by atoms with van der Waals surface area (Å²) < 4.78 is 94.8. The van der Waals surface area contributed by atoms with Crippen LogP contribution in [0.5, 0.6) is 17.4 Å². The van der Waals surface area contributed by atoms with Crippen molar-refractivity contribution in [3.05, 3.63) is 66.0 Å². The predicted octanol–water partition coefficient (Wildman–Crippen LogP) is 5.15. The van der Waals surface area contributed by atoms with Crippen LogP contribution in [0.2, 0.25) is 25.7 Å². The maximum atomic E-state index is 14.9. The first-order valence-corrected chi connectivity index (χ1v) is 22.3. The lowest BCUT2D eigenvalue weighted by atomic mass is 10.1. The van der Waals surface area contributed by atoms with E-state index in [0.717, 1.165) is 22.7 Å². The largest absolute Gasteiger partial charge is 0.494 e. The fourth-order valence-electron chi connectivity index (χ4n) is 5.29. The molecule has 0 spiro atoms. The lowest BCUT2D eigenvalue weighted by Crippen LogP contribution is -2.44. The molecular weight excluding hydrogens is 694 g/mol. The number of methoxy groups -OCH3 is 4. The van der Waals surface area contributed by atoms with Crippen LogP contribution in [0.1, 0.15) is 18.6 Å². The number of para-hydroxylation sites is 1. The Morgan fingerprint density at radius 2 is 1.53 bits per heavy atom. The number of nitrogens with zero attached hydrogens (tertiary/aromatic N) is 5. The van der Waals surface area contributed by atoms with E-state index in [1.165, 1.54) is 46.0 Å². The van der Waals surface area contributed by atoms with Crippen LogP contribution in [0.4, 0.5) is 10.3 Å². The van der Waals surface area contributed by atoms with Gasteiger partial charge in [-0.25, -0.2) is 30.5 Å². The van der Waals surface area contributed by atoms with Crippen LogP contribution in [0, 0.1) is 5.82 Å². The second-order valence-corrected chi connectivity index (χ2v) is 22.3. The number of ether oxygens (including phenoxy) is 4. The minimum atomic E-state index is -4.47. The van der Waals surface area contributed by atoms with E-state index in [4.69, 9.17) is 18.9 Å². The average Bonchev–Trinajstić information content (AvgIpc) is 3.48. The van der Waals surface area contributed by atoms with Crippen molar-refractivity contribution in [1.29, 1.82) is 0 Å². The maximum Gasteiger partial charge on any atom is 0.246 e. The van der Waals surface area contributed by atoms with E-state index < -0.39 is 45.1 Å². The highest BCUT2D eigenvalue weighted by Gasteiger charge is 2.41. The quantitative estimate of drug-likeness (QED) is 0.149. The molecule has 0 aliphatic heterocycles. The molecular formula is C32H42FN5O8S2Si. The summed E-state index contributed by atoms with van der Waals surface area (Å²) >= 11 is 0. The zero-order valence-corrected chi connectivity index (χ0v) is 31.6. The fraction of sp³-hybridized carbons (Fsp3) is 0.406. The van der Waals surface area contributed by atoms with Crippen LogP contribution in [0.15, 0.2) is 59.5 Å². The van der Waals surface area contributed by atoms with Gasteiger partial charge in [0.2, 0.25) is 21.9 Å². The van der Waals surface area contributed by atoms with Crippen LogP contribution in [-0.2, 0) is 24.6 Å². The Kier molecular flexibility index (Phi) is 11.4. The Bertz CT molecular complexity index is 2000. The highest BCUT2D eigenvalue weighted by Crippen LogP contribution is 2.40. The van der Waals surface area contributed by atoms with Crippen molar-refractivity contribution in [2.24, 2.45) is 0 Å².